The van der Waals surface area contributed by atoms with E-state index in [0.717, 1.165) is 0 Å². The Bertz CT molecular complexity index is 501. The summed E-state index contributed by atoms with van der Waals surface area (Å²) >= 11 is 0. The SMILES string of the molecule is CCN(CC(C)(C)O)C(=O)Nc1ccccc1OC(C)(C)C. The summed E-state index contributed by atoms with van der Waals surface area (Å²) in [6, 6.07) is 7.08. The Morgan fingerprint density at radius 1 is 1.23 bits per heavy atom. The van der Waals surface area contributed by atoms with Gasteiger partial charge in [-0.05, 0) is 53.7 Å². The average molecular weight is 308 g/mol. The minimum Gasteiger partial charge on any atom is -0.486 e. The van der Waals surface area contributed by atoms with E-state index in [9.17, 15) is 9.90 Å². The van der Waals surface area contributed by atoms with Gasteiger partial charge in [-0.25, -0.2) is 4.79 Å². The molecule has 0 saturated heterocycles. The van der Waals surface area contributed by atoms with E-state index in [4.69, 9.17) is 4.74 Å². The molecule has 2 N–H and O–H groups in total. The fraction of sp³-hybridized carbons (Fsp3) is 0.588. The Kier molecular flexibility index (Phi) is 5.83. The standard InChI is InChI=1S/C17H28N2O3/c1-7-19(12-17(5,6)21)15(20)18-13-10-8-9-11-14(13)22-16(2,3)4/h8-11,21H,7,12H2,1-6H3,(H,18,20). The zero-order chi connectivity index (χ0) is 17.0. The van der Waals surface area contributed by atoms with Gasteiger partial charge in [0.25, 0.3) is 0 Å². The van der Waals surface area contributed by atoms with E-state index >= 15 is 0 Å². The highest BCUT2D eigenvalue weighted by molar-refractivity contribution is 5.91. The Morgan fingerprint density at radius 2 is 1.82 bits per heavy atom. The van der Waals surface area contributed by atoms with Crippen LogP contribution in [0, 0.1) is 0 Å². The number of rotatable bonds is 5. The largest absolute Gasteiger partial charge is 0.486 e. The minimum atomic E-state index is -0.936. The van der Waals surface area contributed by atoms with Crippen molar-refractivity contribution in [3.05, 3.63) is 24.3 Å². The average Bonchev–Trinajstić information content (AvgIpc) is 2.35. The number of likely N-dealkylation sites (N-methyl/N-ethyl adjacent to an activating group) is 1. The molecule has 5 heteroatoms. The molecule has 0 atom stereocenters. The summed E-state index contributed by atoms with van der Waals surface area (Å²) in [6.07, 6.45) is 0. The fourth-order valence-corrected chi connectivity index (χ4v) is 1.98. The highest BCUT2D eigenvalue weighted by atomic mass is 16.5. The van der Waals surface area contributed by atoms with Crippen LogP contribution in [-0.2, 0) is 0 Å². The molecular formula is C17H28N2O3. The number of para-hydroxylation sites is 2. The van der Waals surface area contributed by atoms with Crippen LogP contribution in [0.25, 0.3) is 0 Å². The van der Waals surface area contributed by atoms with Crippen LogP contribution in [0.3, 0.4) is 0 Å². The summed E-state index contributed by atoms with van der Waals surface area (Å²) in [4.78, 5) is 14.0. The molecule has 1 aromatic carbocycles. The molecule has 0 spiro atoms. The predicted octanol–water partition coefficient (Wildman–Crippen LogP) is 3.49. The second-order valence-electron chi connectivity index (χ2n) is 6.97. The maximum absolute atomic E-state index is 12.4. The lowest BCUT2D eigenvalue weighted by Crippen LogP contribution is -2.44. The van der Waals surface area contributed by atoms with Gasteiger partial charge in [-0.3, -0.25) is 0 Å². The van der Waals surface area contributed by atoms with Crippen molar-refractivity contribution in [1.29, 1.82) is 0 Å². The second-order valence-corrected chi connectivity index (χ2v) is 6.97. The van der Waals surface area contributed by atoms with Crippen LogP contribution < -0.4 is 10.1 Å². The van der Waals surface area contributed by atoms with Crippen molar-refractivity contribution in [2.45, 2.75) is 52.7 Å². The van der Waals surface area contributed by atoms with Gasteiger partial charge in [0.05, 0.1) is 17.8 Å². The van der Waals surface area contributed by atoms with E-state index in [1.54, 1.807) is 24.8 Å². The summed E-state index contributed by atoms with van der Waals surface area (Å²) in [5.41, 5.74) is -0.663. The molecule has 124 valence electrons. The summed E-state index contributed by atoms with van der Waals surface area (Å²) in [5, 5.41) is 12.8. The molecule has 22 heavy (non-hydrogen) atoms. The summed E-state index contributed by atoms with van der Waals surface area (Å²) in [6.45, 7) is 11.9. The molecule has 0 aliphatic carbocycles. The molecule has 0 saturated carbocycles. The molecule has 1 aromatic rings. The van der Waals surface area contributed by atoms with Gasteiger partial charge in [-0.1, -0.05) is 12.1 Å². The molecule has 0 heterocycles. The fourth-order valence-electron chi connectivity index (χ4n) is 1.98. The van der Waals surface area contributed by atoms with Crippen molar-refractivity contribution < 1.29 is 14.6 Å². The topological polar surface area (TPSA) is 61.8 Å². The van der Waals surface area contributed by atoms with Crippen LogP contribution in [0.2, 0.25) is 0 Å². The van der Waals surface area contributed by atoms with Gasteiger partial charge in [0.1, 0.15) is 11.4 Å². The Morgan fingerprint density at radius 3 is 2.32 bits per heavy atom. The number of aliphatic hydroxyl groups is 1. The molecule has 0 bridgehead atoms. The third kappa shape index (κ3) is 6.35. The first-order valence-electron chi connectivity index (χ1n) is 7.58. The van der Waals surface area contributed by atoms with Crippen LogP contribution in [0.15, 0.2) is 24.3 Å². The number of carbonyl (C=O) groups excluding carboxylic acids is 1. The van der Waals surface area contributed by atoms with Gasteiger partial charge < -0.3 is 20.1 Å². The third-order valence-corrected chi connectivity index (χ3v) is 2.79. The summed E-state index contributed by atoms with van der Waals surface area (Å²) in [7, 11) is 0. The maximum atomic E-state index is 12.4. The Hall–Kier alpha value is -1.75. The van der Waals surface area contributed by atoms with Crippen LogP contribution in [0.4, 0.5) is 10.5 Å². The highest BCUT2D eigenvalue weighted by Crippen LogP contribution is 2.27. The minimum absolute atomic E-state index is 0.255. The number of amides is 2. The van der Waals surface area contributed by atoms with Crippen LogP contribution >= 0.6 is 0 Å². The monoisotopic (exact) mass is 308 g/mol. The smallest absolute Gasteiger partial charge is 0.322 e. The normalized spacial score (nSPS) is 12.0. The lowest BCUT2D eigenvalue weighted by atomic mass is 10.1. The van der Waals surface area contributed by atoms with Crippen molar-refractivity contribution in [3.8, 4) is 5.75 Å². The van der Waals surface area contributed by atoms with Crippen molar-refractivity contribution in [3.63, 3.8) is 0 Å². The lowest BCUT2D eigenvalue weighted by Gasteiger charge is -2.29. The van der Waals surface area contributed by atoms with E-state index < -0.39 is 5.60 Å². The zero-order valence-corrected chi connectivity index (χ0v) is 14.4. The van der Waals surface area contributed by atoms with Crippen molar-refractivity contribution >= 4 is 11.7 Å². The van der Waals surface area contributed by atoms with E-state index in [0.29, 0.717) is 18.0 Å². The first kappa shape index (κ1) is 18.3. The molecule has 0 aliphatic rings. The van der Waals surface area contributed by atoms with Crippen LogP contribution in [0.5, 0.6) is 5.75 Å². The predicted molar refractivity (Wildman–Crippen MR) is 89.4 cm³/mol. The number of anilines is 1. The van der Waals surface area contributed by atoms with Gasteiger partial charge in [0, 0.05) is 6.54 Å². The molecule has 1 rings (SSSR count). The van der Waals surface area contributed by atoms with Gasteiger partial charge in [-0.15, -0.1) is 0 Å². The quantitative estimate of drug-likeness (QED) is 0.875. The summed E-state index contributed by atoms with van der Waals surface area (Å²) < 4.78 is 5.87. The molecule has 5 nitrogen and oxygen atoms in total. The van der Waals surface area contributed by atoms with Crippen LogP contribution in [-0.4, -0.2) is 40.3 Å². The molecule has 0 aliphatic heterocycles. The molecule has 0 radical (unpaired) electrons. The number of benzene rings is 1. The van der Waals surface area contributed by atoms with Gasteiger partial charge in [0.2, 0.25) is 0 Å². The number of ether oxygens (including phenoxy) is 1. The second kappa shape index (κ2) is 7.01. The number of nitrogens with zero attached hydrogens (tertiary/aromatic N) is 1. The molecule has 0 aromatic heterocycles. The molecular weight excluding hydrogens is 280 g/mol. The third-order valence-electron chi connectivity index (χ3n) is 2.79. The Labute approximate surface area is 133 Å². The first-order chi connectivity index (χ1) is 10.0. The maximum Gasteiger partial charge on any atom is 0.322 e. The lowest BCUT2D eigenvalue weighted by molar-refractivity contribution is 0.0501. The molecule has 0 fully saturated rings. The zero-order valence-electron chi connectivity index (χ0n) is 14.4. The summed E-state index contributed by atoms with van der Waals surface area (Å²) in [5.74, 6) is 0.627. The van der Waals surface area contributed by atoms with E-state index in [1.807, 2.05) is 45.9 Å². The number of carbonyl (C=O) groups is 1. The highest BCUT2D eigenvalue weighted by Gasteiger charge is 2.22. The van der Waals surface area contributed by atoms with Crippen LogP contribution in [0.1, 0.15) is 41.5 Å². The Balaban J connectivity index is 2.87. The number of nitrogens with one attached hydrogen (secondary N) is 1. The van der Waals surface area contributed by atoms with Gasteiger partial charge in [0.15, 0.2) is 0 Å². The molecule has 0 unspecified atom stereocenters. The van der Waals surface area contributed by atoms with E-state index in [-0.39, 0.29) is 18.2 Å². The first-order valence-corrected chi connectivity index (χ1v) is 7.58. The number of hydrogen-bond acceptors (Lipinski definition) is 3. The van der Waals surface area contributed by atoms with Crippen molar-refractivity contribution in [2.24, 2.45) is 0 Å². The van der Waals surface area contributed by atoms with E-state index in [2.05, 4.69) is 5.32 Å². The van der Waals surface area contributed by atoms with Gasteiger partial charge >= 0.3 is 6.03 Å². The number of urea groups is 1. The van der Waals surface area contributed by atoms with Gasteiger partial charge in [-0.2, -0.15) is 0 Å². The molecule has 2 amide bonds. The van der Waals surface area contributed by atoms with E-state index in [1.165, 1.54) is 0 Å². The number of hydrogen-bond donors (Lipinski definition) is 2. The van der Waals surface area contributed by atoms with Crippen molar-refractivity contribution in [1.82, 2.24) is 4.90 Å². The van der Waals surface area contributed by atoms with Crippen molar-refractivity contribution in [2.75, 3.05) is 18.4 Å².